The van der Waals surface area contributed by atoms with Crippen molar-refractivity contribution < 1.29 is 4.39 Å². The minimum Gasteiger partial charge on any atom is -0.292 e. The van der Waals surface area contributed by atoms with Crippen LogP contribution in [-0.4, -0.2) is 11.4 Å². The number of rotatable bonds is 3. The molecule has 2 aromatic rings. The largest absolute Gasteiger partial charge is 0.292 e. The van der Waals surface area contributed by atoms with Crippen molar-refractivity contribution in [3.63, 3.8) is 0 Å². The van der Waals surface area contributed by atoms with Gasteiger partial charge in [0.15, 0.2) is 0 Å². The highest BCUT2D eigenvalue weighted by atomic mass is 19.1. The van der Waals surface area contributed by atoms with Gasteiger partial charge in [0.2, 0.25) is 0 Å². The van der Waals surface area contributed by atoms with Crippen LogP contribution in [0.5, 0.6) is 0 Å². The minimum absolute atomic E-state index is 0.155. The fourth-order valence-corrected chi connectivity index (χ4v) is 3.27. The average Bonchev–Trinajstić information content (AvgIpc) is 2.92. The van der Waals surface area contributed by atoms with Gasteiger partial charge in [0, 0.05) is 12.6 Å². The summed E-state index contributed by atoms with van der Waals surface area (Å²) >= 11 is 0. The third kappa shape index (κ3) is 3.16. The molecule has 2 aromatic carbocycles. The summed E-state index contributed by atoms with van der Waals surface area (Å²) in [6, 6.07) is 14.1. The van der Waals surface area contributed by atoms with Gasteiger partial charge in [0.1, 0.15) is 5.82 Å². The highest BCUT2D eigenvalue weighted by Gasteiger charge is 2.26. The van der Waals surface area contributed by atoms with Crippen LogP contribution in [0.25, 0.3) is 0 Å². The summed E-state index contributed by atoms with van der Waals surface area (Å²) in [6.45, 7) is 6.42. The molecule has 0 aliphatic carbocycles. The maximum absolute atomic E-state index is 13.1. The lowest BCUT2D eigenvalue weighted by Gasteiger charge is -2.26. The fourth-order valence-electron chi connectivity index (χ4n) is 3.27. The molecule has 110 valence electrons. The van der Waals surface area contributed by atoms with Gasteiger partial charge in [-0.25, -0.2) is 4.39 Å². The van der Waals surface area contributed by atoms with Gasteiger partial charge in [-0.3, -0.25) is 4.90 Å². The molecule has 1 saturated heterocycles. The third-order valence-electron chi connectivity index (χ3n) is 4.50. The molecule has 0 amide bonds. The van der Waals surface area contributed by atoms with Gasteiger partial charge in [0.25, 0.3) is 0 Å². The van der Waals surface area contributed by atoms with E-state index in [-0.39, 0.29) is 5.82 Å². The van der Waals surface area contributed by atoms with Crippen molar-refractivity contribution in [3.8, 4) is 0 Å². The molecule has 1 atom stereocenters. The van der Waals surface area contributed by atoms with Crippen molar-refractivity contribution >= 4 is 0 Å². The van der Waals surface area contributed by atoms with E-state index in [1.807, 2.05) is 12.1 Å². The molecule has 0 aromatic heterocycles. The van der Waals surface area contributed by atoms with Crippen molar-refractivity contribution in [2.75, 3.05) is 6.54 Å². The zero-order valence-electron chi connectivity index (χ0n) is 12.8. The Kier molecular flexibility index (Phi) is 4.07. The lowest BCUT2D eigenvalue weighted by Crippen LogP contribution is -2.23. The van der Waals surface area contributed by atoms with Gasteiger partial charge < -0.3 is 0 Å². The van der Waals surface area contributed by atoms with Crippen LogP contribution < -0.4 is 0 Å². The quantitative estimate of drug-likeness (QED) is 0.783. The first-order valence-corrected chi connectivity index (χ1v) is 7.69. The smallest absolute Gasteiger partial charge is 0.123 e. The SMILES string of the molecule is Cc1ccc(C)c(CN2CCC[C@H]2c2ccc(F)cc2)c1. The molecule has 0 spiro atoms. The highest BCUT2D eigenvalue weighted by Crippen LogP contribution is 2.33. The van der Waals surface area contributed by atoms with Crippen molar-refractivity contribution in [2.45, 2.75) is 39.3 Å². The van der Waals surface area contributed by atoms with Crippen molar-refractivity contribution in [1.82, 2.24) is 4.90 Å². The Bertz CT molecular complexity index is 618. The Morgan fingerprint density at radius 3 is 2.62 bits per heavy atom. The van der Waals surface area contributed by atoms with E-state index in [1.165, 1.54) is 28.7 Å². The molecular formula is C19H22FN. The van der Waals surface area contributed by atoms with E-state index in [0.29, 0.717) is 6.04 Å². The van der Waals surface area contributed by atoms with E-state index in [0.717, 1.165) is 19.5 Å². The second kappa shape index (κ2) is 5.98. The van der Waals surface area contributed by atoms with Crippen LogP contribution in [0.4, 0.5) is 4.39 Å². The summed E-state index contributed by atoms with van der Waals surface area (Å²) in [7, 11) is 0. The molecule has 0 unspecified atom stereocenters. The fraction of sp³-hybridized carbons (Fsp3) is 0.368. The van der Waals surface area contributed by atoms with Crippen LogP contribution in [0.15, 0.2) is 42.5 Å². The van der Waals surface area contributed by atoms with Crippen molar-refractivity contribution in [3.05, 3.63) is 70.5 Å². The topological polar surface area (TPSA) is 3.24 Å². The maximum atomic E-state index is 13.1. The van der Waals surface area contributed by atoms with Gasteiger partial charge >= 0.3 is 0 Å². The summed E-state index contributed by atoms with van der Waals surface area (Å²) in [5, 5.41) is 0. The van der Waals surface area contributed by atoms with Crippen LogP contribution in [0, 0.1) is 19.7 Å². The molecular weight excluding hydrogens is 261 g/mol. The molecule has 21 heavy (non-hydrogen) atoms. The summed E-state index contributed by atoms with van der Waals surface area (Å²) < 4.78 is 13.1. The molecule has 1 nitrogen and oxygen atoms in total. The molecule has 1 aliphatic heterocycles. The van der Waals surface area contributed by atoms with E-state index in [2.05, 4.69) is 36.9 Å². The third-order valence-corrected chi connectivity index (χ3v) is 4.50. The van der Waals surface area contributed by atoms with Crippen molar-refractivity contribution in [1.29, 1.82) is 0 Å². The van der Waals surface area contributed by atoms with E-state index in [1.54, 1.807) is 12.1 Å². The number of halogens is 1. The first kappa shape index (κ1) is 14.3. The first-order chi connectivity index (χ1) is 10.1. The van der Waals surface area contributed by atoms with E-state index in [4.69, 9.17) is 0 Å². The predicted molar refractivity (Wildman–Crippen MR) is 84.7 cm³/mol. The van der Waals surface area contributed by atoms with Gasteiger partial charge in [-0.05, 0) is 62.1 Å². The first-order valence-electron chi connectivity index (χ1n) is 7.69. The summed E-state index contributed by atoms with van der Waals surface area (Å²) in [6.07, 6.45) is 2.38. The number of likely N-dealkylation sites (tertiary alicyclic amines) is 1. The predicted octanol–water partition coefficient (Wildman–Crippen LogP) is 4.78. The van der Waals surface area contributed by atoms with Crippen LogP contribution in [-0.2, 0) is 6.54 Å². The average molecular weight is 283 g/mol. The zero-order chi connectivity index (χ0) is 14.8. The monoisotopic (exact) mass is 283 g/mol. The standard InChI is InChI=1S/C19H22FN/c1-14-5-6-15(2)17(12-14)13-21-11-3-4-19(21)16-7-9-18(20)10-8-16/h5-10,12,19H,3-4,11,13H2,1-2H3/t19-/m0/s1. The van der Waals surface area contributed by atoms with E-state index < -0.39 is 0 Å². The molecule has 1 fully saturated rings. The van der Waals surface area contributed by atoms with Crippen molar-refractivity contribution in [2.24, 2.45) is 0 Å². The molecule has 1 aliphatic rings. The van der Waals surface area contributed by atoms with Crippen LogP contribution >= 0.6 is 0 Å². The van der Waals surface area contributed by atoms with Crippen LogP contribution in [0.2, 0.25) is 0 Å². The summed E-state index contributed by atoms with van der Waals surface area (Å²) in [4.78, 5) is 2.52. The number of benzene rings is 2. The summed E-state index contributed by atoms with van der Waals surface area (Å²) in [5.74, 6) is -0.155. The van der Waals surface area contributed by atoms with Gasteiger partial charge in [-0.1, -0.05) is 35.9 Å². The summed E-state index contributed by atoms with van der Waals surface area (Å²) in [5.41, 5.74) is 5.31. The zero-order valence-corrected chi connectivity index (χ0v) is 12.8. The molecule has 1 heterocycles. The molecule has 2 heteroatoms. The Morgan fingerprint density at radius 1 is 1.10 bits per heavy atom. The number of nitrogens with zero attached hydrogens (tertiary/aromatic N) is 1. The minimum atomic E-state index is -0.155. The Morgan fingerprint density at radius 2 is 1.86 bits per heavy atom. The molecule has 3 rings (SSSR count). The Hall–Kier alpha value is -1.67. The van der Waals surface area contributed by atoms with E-state index in [9.17, 15) is 4.39 Å². The second-order valence-electron chi connectivity index (χ2n) is 6.11. The van der Waals surface area contributed by atoms with Crippen LogP contribution in [0.3, 0.4) is 0 Å². The van der Waals surface area contributed by atoms with Gasteiger partial charge in [-0.15, -0.1) is 0 Å². The Balaban J connectivity index is 1.81. The Labute approximate surface area is 126 Å². The molecule has 0 N–H and O–H groups in total. The molecule has 0 saturated carbocycles. The number of hydrogen-bond acceptors (Lipinski definition) is 1. The number of hydrogen-bond donors (Lipinski definition) is 0. The molecule has 0 bridgehead atoms. The van der Waals surface area contributed by atoms with Gasteiger partial charge in [0.05, 0.1) is 0 Å². The number of aryl methyl sites for hydroxylation is 2. The lowest BCUT2D eigenvalue weighted by atomic mass is 10.0. The van der Waals surface area contributed by atoms with Gasteiger partial charge in [-0.2, -0.15) is 0 Å². The molecule has 0 radical (unpaired) electrons. The second-order valence-corrected chi connectivity index (χ2v) is 6.11. The lowest BCUT2D eigenvalue weighted by molar-refractivity contribution is 0.248. The normalized spacial score (nSPS) is 19.1. The maximum Gasteiger partial charge on any atom is 0.123 e. The van der Waals surface area contributed by atoms with Crippen LogP contribution in [0.1, 0.15) is 41.1 Å². The highest BCUT2D eigenvalue weighted by molar-refractivity contribution is 5.31. The van der Waals surface area contributed by atoms with E-state index >= 15 is 0 Å².